The van der Waals surface area contributed by atoms with Crippen LogP contribution in [-0.2, 0) is 0 Å². The highest BCUT2D eigenvalue weighted by Gasteiger charge is 2.30. The SMILES string of the molecule is COc1ccc(C(NC(=O)N2CCSC(C)C2C)c2ccccc2)cc1. The number of carbonyl (C=O) groups excluding carboxylic acids is 1. The van der Waals surface area contributed by atoms with Gasteiger partial charge in [-0.1, -0.05) is 49.4 Å². The van der Waals surface area contributed by atoms with Gasteiger partial charge in [0.25, 0.3) is 0 Å². The van der Waals surface area contributed by atoms with E-state index in [1.165, 1.54) is 0 Å². The molecular formula is C21H26N2O2S. The number of rotatable bonds is 4. The Kier molecular flexibility index (Phi) is 6.09. The van der Waals surface area contributed by atoms with Crippen LogP contribution in [0.4, 0.5) is 4.79 Å². The Hall–Kier alpha value is -2.14. The van der Waals surface area contributed by atoms with Crippen LogP contribution in [0.3, 0.4) is 0 Å². The molecule has 1 heterocycles. The van der Waals surface area contributed by atoms with Crippen molar-refractivity contribution in [3.05, 3.63) is 65.7 Å². The number of hydrogen-bond donors (Lipinski definition) is 1. The van der Waals surface area contributed by atoms with Crippen molar-refractivity contribution in [2.75, 3.05) is 19.4 Å². The summed E-state index contributed by atoms with van der Waals surface area (Å²) in [5.74, 6) is 1.79. The summed E-state index contributed by atoms with van der Waals surface area (Å²) in [4.78, 5) is 15.0. The lowest BCUT2D eigenvalue weighted by atomic mass is 9.98. The van der Waals surface area contributed by atoms with E-state index in [1.807, 2.05) is 71.3 Å². The molecule has 1 aliphatic rings. The fourth-order valence-corrected chi connectivity index (χ4v) is 4.33. The summed E-state index contributed by atoms with van der Waals surface area (Å²) in [6.07, 6.45) is 0. The third-order valence-electron chi connectivity index (χ3n) is 4.99. The molecule has 3 rings (SSSR count). The fraction of sp³-hybridized carbons (Fsp3) is 0.381. The molecule has 0 aliphatic carbocycles. The van der Waals surface area contributed by atoms with Gasteiger partial charge in [0.2, 0.25) is 0 Å². The first kappa shape index (κ1) is 18.6. The van der Waals surface area contributed by atoms with Gasteiger partial charge in [0, 0.05) is 23.6 Å². The first-order valence-corrected chi connectivity index (χ1v) is 10.0. The maximum absolute atomic E-state index is 13.0. The van der Waals surface area contributed by atoms with E-state index in [0.717, 1.165) is 29.2 Å². The maximum Gasteiger partial charge on any atom is 0.318 e. The van der Waals surface area contributed by atoms with Crippen molar-refractivity contribution in [1.29, 1.82) is 0 Å². The van der Waals surface area contributed by atoms with Crippen LogP contribution in [0.15, 0.2) is 54.6 Å². The molecule has 4 nitrogen and oxygen atoms in total. The Bertz CT molecular complexity index is 721. The molecule has 0 aromatic heterocycles. The summed E-state index contributed by atoms with van der Waals surface area (Å²) in [5, 5.41) is 3.69. The quantitative estimate of drug-likeness (QED) is 0.871. The zero-order valence-corrected chi connectivity index (χ0v) is 16.3. The number of methoxy groups -OCH3 is 1. The largest absolute Gasteiger partial charge is 0.497 e. The third kappa shape index (κ3) is 4.15. The molecule has 5 heteroatoms. The summed E-state index contributed by atoms with van der Waals surface area (Å²) in [6.45, 7) is 5.10. The molecule has 1 N–H and O–H groups in total. The van der Waals surface area contributed by atoms with Gasteiger partial charge in [-0.2, -0.15) is 11.8 Å². The summed E-state index contributed by atoms with van der Waals surface area (Å²) in [5.41, 5.74) is 2.11. The predicted octanol–water partition coefficient (Wildman–Crippen LogP) is 4.32. The summed E-state index contributed by atoms with van der Waals surface area (Å²) >= 11 is 1.93. The van der Waals surface area contributed by atoms with Crippen molar-refractivity contribution < 1.29 is 9.53 Å². The molecule has 138 valence electrons. The lowest BCUT2D eigenvalue weighted by Crippen LogP contribution is -2.52. The van der Waals surface area contributed by atoms with Crippen LogP contribution in [0.25, 0.3) is 0 Å². The van der Waals surface area contributed by atoms with Crippen LogP contribution >= 0.6 is 11.8 Å². The second-order valence-electron chi connectivity index (χ2n) is 6.58. The highest BCUT2D eigenvalue weighted by atomic mass is 32.2. The van der Waals surface area contributed by atoms with Crippen molar-refractivity contribution in [3.63, 3.8) is 0 Å². The van der Waals surface area contributed by atoms with Gasteiger partial charge in [-0.3, -0.25) is 0 Å². The summed E-state index contributed by atoms with van der Waals surface area (Å²) in [6, 6.07) is 18.0. The highest BCUT2D eigenvalue weighted by molar-refractivity contribution is 8.00. The minimum atomic E-state index is -0.188. The van der Waals surface area contributed by atoms with E-state index in [9.17, 15) is 4.79 Å². The number of benzene rings is 2. The van der Waals surface area contributed by atoms with Crippen molar-refractivity contribution in [3.8, 4) is 5.75 Å². The Morgan fingerprint density at radius 3 is 2.42 bits per heavy atom. The van der Waals surface area contributed by atoms with E-state index in [2.05, 4.69) is 19.2 Å². The van der Waals surface area contributed by atoms with E-state index < -0.39 is 0 Å². The Labute approximate surface area is 159 Å². The Morgan fingerprint density at radius 2 is 1.77 bits per heavy atom. The molecule has 0 spiro atoms. The van der Waals surface area contributed by atoms with Crippen LogP contribution in [0.2, 0.25) is 0 Å². The van der Waals surface area contributed by atoms with E-state index >= 15 is 0 Å². The van der Waals surface area contributed by atoms with Gasteiger partial charge in [0.15, 0.2) is 0 Å². The van der Waals surface area contributed by atoms with Crippen LogP contribution in [0.5, 0.6) is 5.75 Å². The zero-order valence-electron chi connectivity index (χ0n) is 15.5. The molecular weight excluding hydrogens is 344 g/mol. The highest BCUT2D eigenvalue weighted by Crippen LogP contribution is 2.27. The van der Waals surface area contributed by atoms with Gasteiger partial charge < -0.3 is 15.0 Å². The second kappa shape index (κ2) is 8.49. The van der Waals surface area contributed by atoms with E-state index in [1.54, 1.807) is 7.11 Å². The van der Waals surface area contributed by atoms with Crippen molar-refractivity contribution >= 4 is 17.8 Å². The molecule has 0 radical (unpaired) electrons. The van der Waals surface area contributed by atoms with E-state index in [0.29, 0.717) is 5.25 Å². The minimum Gasteiger partial charge on any atom is -0.497 e. The van der Waals surface area contributed by atoms with Crippen LogP contribution in [0, 0.1) is 0 Å². The average Bonchev–Trinajstić information content (AvgIpc) is 2.69. The number of thioether (sulfide) groups is 1. The maximum atomic E-state index is 13.0. The number of nitrogens with zero attached hydrogens (tertiary/aromatic N) is 1. The molecule has 0 bridgehead atoms. The summed E-state index contributed by atoms with van der Waals surface area (Å²) < 4.78 is 5.26. The van der Waals surface area contributed by atoms with E-state index in [-0.39, 0.29) is 18.1 Å². The lowest BCUT2D eigenvalue weighted by Gasteiger charge is -2.38. The molecule has 1 saturated heterocycles. The number of urea groups is 1. The molecule has 2 amide bonds. The normalized spacial score (nSPS) is 21.1. The number of ether oxygens (including phenoxy) is 1. The smallest absolute Gasteiger partial charge is 0.318 e. The third-order valence-corrected chi connectivity index (χ3v) is 6.33. The van der Waals surface area contributed by atoms with Crippen molar-refractivity contribution in [1.82, 2.24) is 10.2 Å². The molecule has 26 heavy (non-hydrogen) atoms. The monoisotopic (exact) mass is 370 g/mol. The first-order chi connectivity index (χ1) is 12.6. The summed E-state index contributed by atoms with van der Waals surface area (Å²) in [7, 11) is 1.66. The number of carbonyl (C=O) groups is 1. The second-order valence-corrected chi connectivity index (χ2v) is 8.06. The van der Waals surface area contributed by atoms with Gasteiger partial charge in [0.1, 0.15) is 5.75 Å². The van der Waals surface area contributed by atoms with Gasteiger partial charge in [-0.25, -0.2) is 4.79 Å². The Balaban J connectivity index is 1.85. The van der Waals surface area contributed by atoms with E-state index in [4.69, 9.17) is 4.74 Å². The predicted molar refractivity (Wildman–Crippen MR) is 108 cm³/mol. The molecule has 1 fully saturated rings. The minimum absolute atomic E-state index is 0.00526. The number of amides is 2. The zero-order chi connectivity index (χ0) is 18.5. The fourth-order valence-electron chi connectivity index (χ4n) is 3.23. The number of hydrogen-bond acceptors (Lipinski definition) is 3. The first-order valence-electron chi connectivity index (χ1n) is 8.98. The van der Waals surface area contributed by atoms with Crippen LogP contribution < -0.4 is 10.1 Å². The molecule has 2 aromatic rings. The molecule has 3 unspecified atom stereocenters. The van der Waals surface area contributed by atoms with Crippen molar-refractivity contribution in [2.24, 2.45) is 0 Å². The molecule has 3 atom stereocenters. The van der Waals surface area contributed by atoms with Crippen molar-refractivity contribution in [2.45, 2.75) is 31.2 Å². The molecule has 0 saturated carbocycles. The van der Waals surface area contributed by atoms with Gasteiger partial charge >= 0.3 is 6.03 Å². The molecule has 2 aromatic carbocycles. The van der Waals surface area contributed by atoms with Crippen LogP contribution in [-0.4, -0.2) is 41.6 Å². The Morgan fingerprint density at radius 1 is 1.12 bits per heavy atom. The topological polar surface area (TPSA) is 41.6 Å². The van der Waals surface area contributed by atoms with Gasteiger partial charge in [-0.15, -0.1) is 0 Å². The number of nitrogens with one attached hydrogen (secondary N) is 1. The standard InChI is InChI=1S/C21H26N2O2S/c1-15-16(2)26-14-13-23(15)21(24)22-20(17-7-5-4-6-8-17)18-9-11-19(25-3)12-10-18/h4-12,15-16,20H,13-14H2,1-3H3,(H,22,24). The average molecular weight is 371 g/mol. The van der Waals surface area contributed by atoms with Gasteiger partial charge in [0.05, 0.1) is 13.2 Å². The molecule has 1 aliphatic heterocycles. The van der Waals surface area contributed by atoms with Crippen LogP contribution in [0.1, 0.15) is 31.0 Å². The lowest BCUT2D eigenvalue weighted by molar-refractivity contribution is 0.178. The van der Waals surface area contributed by atoms with Gasteiger partial charge in [-0.05, 0) is 30.2 Å².